The normalized spacial score (nSPS) is 15.2. The van der Waals surface area contributed by atoms with E-state index in [0.717, 1.165) is 49.7 Å². The third-order valence-electron chi connectivity index (χ3n) is 3.65. The van der Waals surface area contributed by atoms with Crippen LogP contribution in [0.5, 0.6) is 0 Å². The van der Waals surface area contributed by atoms with Gasteiger partial charge in [0.25, 0.3) is 0 Å². The van der Waals surface area contributed by atoms with Crippen molar-refractivity contribution in [2.24, 2.45) is 0 Å². The van der Waals surface area contributed by atoms with Crippen LogP contribution in [-0.4, -0.2) is 36.1 Å². The van der Waals surface area contributed by atoms with Crippen molar-refractivity contribution in [2.45, 2.75) is 13.3 Å². The van der Waals surface area contributed by atoms with Crippen molar-refractivity contribution >= 4 is 5.82 Å². The van der Waals surface area contributed by atoms with Crippen molar-refractivity contribution in [1.82, 2.24) is 15.3 Å². The molecule has 4 nitrogen and oxygen atoms in total. The molecule has 0 spiro atoms. The smallest absolute Gasteiger partial charge is 0.161 e. The average molecular weight is 286 g/mol. The Morgan fingerprint density at radius 1 is 1.19 bits per heavy atom. The summed E-state index contributed by atoms with van der Waals surface area (Å²) in [7, 11) is 0. The summed E-state index contributed by atoms with van der Waals surface area (Å²) in [5.41, 5.74) is 1.71. The number of nitrogens with zero attached hydrogens (tertiary/aromatic N) is 3. The number of piperazine rings is 1. The first kappa shape index (κ1) is 13.9. The van der Waals surface area contributed by atoms with Crippen LogP contribution in [0.4, 0.5) is 10.2 Å². The van der Waals surface area contributed by atoms with Gasteiger partial charge in [-0.2, -0.15) is 0 Å². The van der Waals surface area contributed by atoms with Gasteiger partial charge in [-0.15, -0.1) is 0 Å². The fourth-order valence-corrected chi connectivity index (χ4v) is 2.48. The molecule has 0 bridgehead atoms. The molecular formula is C16H19FN4. The van der Waals surface area contributed by atoms with Crippen molar-refractivity contribution < 1.29 is 4.39 Å². The molecule has 1 aromatic carbocycles. The van der Waals surface area contributed by atoms with Gasteiger partial charge in [-0.25, -0.2) is 14.4 Å². The molecule has 1 N–H and O–H groups in total. The van der Waals surface area contributed by atoms with E-state index >= 15 is 0 Å². The van der Waals surface area contributed by atoms with E-state index in [9.17, 15) is 4.39 Å². The van der Waals surface area contributed by atoms with Crippen molar-refractivity contribution in [2.75, 3.05) is 31.1 Å². The van der Waals surface area contributed by atoms with Crippen molar-refractivity contribution in [3.8, 4) is 11.4 Å². The number of aromatic nitrogens is 2. The lowest BCUT2D eigenvalue weighted by atomic mass is 10.2. The SMILES string of the molecule is CCc1cc(N2CCNCC2)nc(-c2cccc(F)c2)n1. The van der Waals surface area contributed by atoms with E-state index in [1.165, 1.54) is 12.1 Å². The molecule has 2 aromatic rings. The highest BCUT2D eigenvalue weighted by atomic mass is 19.1. The van der Waals surface area contributed by atoms with E-state index in [-0.39, 0.29) is 5.82 Å². The van der Waals surface area contributed by atoms with Crippen LogP contribution in [0.2, 0.25) is 0 Å². The first-order valence-electron chi connectivity index (χ1n) is 7.36. The number of aryl methyl sites for hydroxylation is 1. The predicted molar refractivity (Wildman–Crippen MR) is 81.9 cm³/mol. The molecule has 0 saturated carbocycles. The largest absolute Gasteiger partial charge is 0.354 e. The first-order valence-corrected chi connectivity index (χ1v) is 7.36. The zero-order chi connectivity index (χ0) is 14.7. The zero-order valence-electron chi connectivity index (χ0n) is 12.1. The maximum atomic E-state index is 13.4. The highest BCUT2D eigenvalue weighted by molar-refractivity contribution is 5.58. The topological polar surface area (TPSA) is 41.0 Å². The van der Waals surface area contributed by atoms with Gasteiger partial charge in [0.05, 0.1) is 0 Å². The molecule has 0 radical (unpaired) electrons. The maximum Gasteiger partial charge on any atom is 0.161 e. The molecule has 1 aliphatic heterocycles. The molecule has 110 valence electrons. The zero-order valence-corrected chi connectivity index (χ0v) is 12.1. The fourth-order valence-electron chi connectivity index (χ4n) is 2.48. The van der Waals surface area contributed by atoms with Crippen LogP contribution in [0, 0.1) is 5.82 Å². The van der Waals surface area contributed by atoms with Crippen molar-refractivity contribution in [1.29, 1.82) is 0 Å². The number of halogens is 1. The van der Waals surface area contributed by atoms with E-state index < -0.39 is 0 Å². The van der Waals surface area contributed by atoms with Gasteiger partial charge in [0.1, 0.15) is 11.6 Å². The van der Waals surface area contributed by atoms with E-state index in [1.807, 2.05) is 12.1 Å². The second-order valence-corrected chi connectivity index (χ2v) is 5.14. The van der Waals surface area contributed by atoms with Crippen LogP contribution in [0.25, 0.3) is 11.4 Å². The van der Waals surface area contributed by atoms with Gasteiger partial charge in [-0.1, -0.05) is 19.1 Å². The number of rotatable bonds is 3. The van der Waals surface area contributed by atoms with Gasteiger partial charge >= 0.3 is 0 Å². The maximum absolute atomic E-state index is 13.4. The Morgan fingerprint density at radius 3 is 2.71 bits per heavy atom. The molecular weight excluding hydrogens is 267 g/mol. The lowest BCUT2D eigenvalue weighted by molar-refractivity contribution is 0.584. The second kappa shape index (κ2) is 6.18. The molecule has 21 heavy (non-hydrogen) atoms. The number of hydrogen-bond acceptors (Lipinski definition) is 4. The Morgan fingerprint density at radius 2 is 2.00 bits per heavy atom. The van der Waals surface area contributed by atoms with Crippen molar-refractivity contribution in [3.05, 3.63) is 41.8 Å². The Hall–Kier alpha value is -2.01. The molecule has 3 rings (SSSR count). The quantitative estimate of drug-likeness (QED) is 0.939. The van der Waals surface area contributed by atoms with Crippen LogP contribution >= 0.6 is 0 Å². The molecule has 0 aliphatic carbocycles. The predicted octanol–water partition coefficient (Wildman–Crippen LogP) is 2.25. The Kier molecular flexibility index (Phi) is 4.10. The van der Waals surface area contributed by atoms with Crippen LogP contribution < -0.4 is 10.2 Å². The molecule has 1 aromatic heterocycles. The number of benzene rings is 1. The summed E-state index contributed by atoms with van der Waals surface area (Å²) in [6, 6.07) is 8.49. The molecule has 1 aliphatic rings. The first-order chi connectivity index (χ1) is 10.3. The summed E-state index contributed by atoms with van der Waals surface area (Å²) in [5, 5.41) is 3.33. The lowest BCUT2D eigenvalue weighted by Gasteiger charge is -2.28. The Bertz CT molecular complexity index is 623. The van der Waals surface area contributed by atoms with Gasteiger partial charge in [0, 0.05) is 43.5 Å². The number of nitrogens with one attached hydrogen (secondary N) is 1. The van der Waals surface area contributed by atoms with Gasteiger partial charge in [0.2, 0.25) is 0 Å². The number of anilines is 1. The second-order valence-electron chi connectivity index (χ2n) is 5.14. The Labute approximate surface area is 124 Å². The third-order valence-corrected chi connectivity index (χ3v) is 3.65. The van der Waals surface area contributed by atoms with E-state index in [2.05, 4.69) is 27.1 Å². The van der Waals surface area contributed by atoms with Gasteiger partial charge < -0.3 is 10.2 Å². The van der Waals surface area contributed by atoms with Crippen LogP contribution in [0.3, 0.4) is 0 Å². The third kappa shape index (κ3) is 3.19. The summed E-state index contributed by atoms with van der Waals surface area (Å²) in [4.78, 5) is 11.4. The molecule has 5 heteroatoms. The standard InChI is InChI=1S/C16H19FN4/c1-2-14-11-15(21-8-6-18-7-9-21)20-16(19-14)12-4-3-5-13(17)10-12/h3-5,10-11,18H,2,6-9H2,1H3. The molecule has 0 unspecified atom stereocenters. The monoisotopic (exact) mass is 286 g/mol. The minimum atomic E-state index is -0.262. The van der Waals surface area contributed by atoms with Crippen molar-refractivity contribution in [3.63, 3.8) is 0 Å². The molecule has 1 fully saturated rings. The molecule has 0 amide bonds. The highest BCUT2D eigenvalue weighted by Gasteiger charge is 2.14. The summed E-state index contributed by atoms with van der Waals surface area (Å²) in [5.74, 6) is 1.27. The Balaban J connectivity index is 2.00. The van der Waals surface area contributed by atoms with E-state index in [4.69, 9.17) is 0 Å². The van der Waals surface area contributed by atoms with Gasteiger partial charge in [0.15, 0.2) is 5.82 Å². The summed E-state index contributed by atoms with van der Waals surface area (Å²) < 4.78 is 13.4. The van der Waals surface area contributed by atoms with Gasteiger partial charge in [-0.3, -0.25) is 0 Å². The number of hydrogen-bond donors (Lipinski definition) is 1. The fraction of sp³-hybridized carbons (Fsp3) is 0.375. The summed E-state index contributed by atoms with van der Waals surface area (Å²) in [6.45, 7) is 5.85. The van der Waals surface area contributed by atoms with Crippen LogP contribution in [0.15, 0.2) is 30.3 Å². The minimum absolute atomic E-state index is 0.262. The summed E-state index contributed by atoms with van der Waals surface area (Å²) in [6.07, 6.45) is 0.837. The molecule has 1 saturated heterocycles. The van der Waals surface area contributed by atoms with E-state index in [1.54, 1.807) is 6.07 Å². The summed E-state index contributed by atoms with van der Waals surface area (Å²) >= 11 is 0. The molecule has 0 atom stereocenters. The van der Waals surface area contributed by atoms with Crippen LogP contribution in [0.1, 0.15) is 12.6 Å². The molecule has 2 heterocycles. The lowest BCUT2D eigenvalue weighted by Crippen LogP contribution is -2.44. The van der Waals surface area contributed by atoms with Gasteiger partial charge in [-0.05, 0) is 18.6 Å². The van der Waals surface area contributed by atoms with E-state index in [0.29, 0.717) is 5.82 Å². The highest BCUT2D eigenvalue weighted by Crippen LogP contribution is 2.21. The minimum Gasteiger partial charge on any atom is -0.354 e. The van der Waals surface area contributed by atoms with Crippen LogP contribution in [-0.2, 0) is 6.42 Å². The average Bonchev–Trinajstić information content (AvgIpc) is 2.55.